The minimum atomic E-state index is 0.0850. The van der Waals surface area contributed by atoms with Crippen LogP contribution in [0.2, 0.25) is 0 Å². The van der Waals surface area contributed by atoms with E-state index in [1.165, 1.54) is 0 Å². The third-order valence-electron chi connectivity index (χ3n) is 2.92. The summed E-state index contributed by atoms with van der Waals surface area (Å²) < 4.78 is 16.3. The quantitative estimate of drug-likeness (QED) is 0.863. The van der Waals surface area contributed by atoms with Crippen LogP contribution >= 0.6 is 11.3 Å². The van der Waals surface area contributed by atoms with Crippen LogP contribution in [0.25, 0.3) is 0 Å². The molecule has 1 aliphatic heterocycles. The maximum atomic E-state index is 5.75. The first-order valence-corrected chi connectivity index (χ1v) is 7.38. The lowest BCUT2D eigenvalue weighted by Gasteiger charge is -2.13. The highest BCUT2D eigenvalue weighted by Gasteiger charge is 2.18. The molecule has 0 atom stereocenters. The highest BCUT2D eigenvalue weighted by molar-refractivity contribution is 7.09. The van der Waals surface area contributed by atoms with Crippen molar-refractivity contribution in [1.82, 2.24) is 4.98 Å². The predicted octanol–water partition coefficient (Wildman–Crippen LogP) is 3.75. The van der Waals surface area contributed by atoms with Gasteiger partial charge in [-0.1, -0.05) is 20.8 Å². The van der Waals surface area contributed by atoms with Crippen molar-refractivity contribution in [1.29, 1.82) is 0 Å². The summed E-state index contributed by atoms with van der Waals surface area (Å²) in [5.74, 6) is 2.26. The zero-order valence-electron chi connectivity index (χ0n) is 11.8. The number of fused-ring (bicyclic) bond motifs is 1. The van der Waals surface area contributed by atoms with Gasteiger partial charge < -0.3 is 14.2 Å². The third kappa shape index (κ3) is 2.72. The maximum absolute atomic E-state index is 5.75. The maximum Gasteiger partial charge on any atom is 0.231 e. The van der Waals surface area contributed by atoms with Crippen molar-refractivity contribution in [2.45, 2.75) is 32.8 Å². The predicted molar refractivity (Wildman–Crippen MR) is 77.7 cm³/mol. The second-order valence-electron chi connectivity index (χ2n) is 5.70. The zero-order valence-corrected chi connectivity index (χ0v) is 12.6. The van der Waals surface area contributed by atoms with Crippen LogP contribution in [0.5, 0.6) is 17.2 Å². The average Bonchev–Trinajstić information content (AvgIpc) is 3.04. The van der Waals surface area contributed by atoms with Crippen molar-refractivity contribution < 1.29 is 14.2 Å². The Morgan fingerprint density at radius 2 is 2.05 bits per heavy atom. The van der Waals surface area contributed by atoms with Gasteiger partial charge in [-0.15, -0.1) is 11.3 Å². The van der Waals surface area contributed by atoms with Gasteiger partial charge in [-0.05, 0) is 12.1 Å². The topological polar surface area (TPSA) is 40.6 Å². The number of thiazole rings is 1. The molecule has 20 heavy (non-hydrogen) atoms. The van der Waals surface area contributed by atoms with Crippen LogP contribution in [-0.2, 0) is 12.0 Å². The van der Waals surface area contributed by atoms with Crippen molar-refractivity contribution >= 4 is 11.3 Å². The molecule has 4 nitrogen and oxygen atoms in total. The second-order valence-corrected chi connectivity index (χ2v) is 6.56. The largest absolute Gasteiger partial charge is 0.487 e. The van der Waals surface area contributed by atoms with Crippen LogP contribution in [0, 0.1) is 0 Å². The number of nitrogens with zero attached hydrogens (tertiary/aromatic N) is 1. The lowest BCUT2D eigenvalue weighted by molar-refractivity contribution is 0.173. The summed E-state index contributed by atoms with van der Waals surface area (Å²) in [5.41, 5.74) is 1.04. The van der Waals surface area contributed by atoms with Crippen molar-refractivity contribution in [2.24, 2.45) is 0 Å². The normalized spacial score (nSPS) is 13.6. The first-order valence-electron chi connectivity index (χ1n) is 6.50. The fraction of sp³-hybridized carbons (Fsp3) is 0.400. The van der Waals surface area contributed by atoms with Gasteiger partial charge >= 0.3 is 0 Å². The van der Waals surface area contributed by atoms with Gasteiger partial charge in [0, 0.05) is 16.9 Å². The van der Waals surface area contributed by atoms with Crippen LogP contribution < -0.4 is 14.2 Å². The Hall–Kier alpha value is -1.75. The van der Waals surface area contributed by atoms with E-state index in [1.54, 1.807) is 11.3 Å². The van der Waals surface area contributed by atoms with Crippen molar-refractivity contribution in [3.63, 3.8) is 0 Å². The van der Waals surface area contributed by atoms with Crippen LogP contribution in [-0.4, -0.2) is 11.8 Å². The van der Waals surface area contributed by atoms with Crippen LogP contribution in [0.15, 0.2) is 23.6 Å². The Kier molecular flexibility index (Phi) is 3.30. The van der Waals surface area contributed by atoms with Gasteiger partial charge in [-0.25, -0.2) is 4.98 Å². The first kappa shape index (κ1) is 13.2. The fourth-order valence-corrected chi connectivity index (χ4v) is 2.73. The lowest BCUT2D eigenvalue weighted by Crippen LogP contribution is -2.10. The SMILES string of the molecule is CC(C)(C)c1nc(COc2ccc3c(c2)OCO3)cs1. The van der Waals surface area contributed by atoms with Crippen LogP contribution in [0.1, 0.15) is 31.5 Å². The van der Waals surface area contributed by atoms with E-state index in [0.29, 0.717) is 6.61 Å². The van der Waals surface area contributed by atoms with Crippen LogP contribution in [0.3, 0.4) is 0 Å². The Balaban J connectivity index is 1.66. The fourth-order valence-electron chi connectivity index (χ4n) is 1.84. The smallest absolute Gasteiger partial charge is 0.231 e. The molecule has 2 heterocycles. The van der Waals surface area contributed by atoms with Crippen molar-refractivity contribution in [3.8, 4) is 17.2 Å². The Labute approximate surface area is 122 Å². The van der Waals surface area contributed by atoms with Gasteiger partial charge in [0.05, 0.1) is 10.7 Å². The molecule has 0 N–H and O–H groups in total. The van der Waals surface area contributed by atoms with E-state index in [-0.39, 0.29) is 12.2 Å². The van der Waals surface area contributed by atoms with Gasteiger partial charge in [-0.3, -0.25) is 0 Å². The standard InChI is InChI=1S/C15H17NO3S/c1-15(2,3)14-16-10(8-20-14)7-17-11-4-5-12-13(6-11)19-9-18-12/h4-6,8H,7,9H2,1-3H3. The Bertz CT molecular complexity index is 616. The molecule has 1 aromatic heterocycles. The van der Waals surface area contributed by atoms with Gasteiger partial charge in [0.25, 0.3) is 0 Å². The minimum Gasteiger partial charge on any atom is -0.487 e. The van der Waals surface area contributed by atoms with E-state index in [9.17, 15) is 0 Å². The van der Waals surface area contributed by atoms with E-state index < -0.39 is 0 Å². The molecule has 0 unspecified atom stereocenters. The van der Waals surface area contributed by atoms with Crippen molar-refractivity contribution in [3.05, 3.63) is 34.3 Å². The summed E-state index contributed by atoms with van der Waals surface area (Å²) in [6, 6.07) is 5.59. The third-order valence-corrected chi connectivity index (χ3v) is 4.24. The van der Waals surface area contributed by atoms with Gasteiger partial charge in [0.1, 0.15) is 12.4 Å². The lowest BCUT2D eigenvalue weighted by atomic mass is 9.98. The average molecular weight is 291 g/mol. The van der Waals surface area contributed by atoms with E-state index in [1.807, 2.05) is 23.6 Å². The minimum absolute atomic E-state index is 0.0850. The molecule has 0 aliphatic carbocycles. The molecule has 0 bridgehead atoms. The molecule has 3 rings (SSSR count). The van der Waals surface area contributed by atoms with Gasteiger partial charge in [0.15, 0.2) is 11.5 Å². The summed E-state index contributed by atoms with van der Waals surface area (Å²) in [6.07, 6.45) is 0. The monoisotopic (exact) mass is 291 g/mol. The van der Waals surface area contributed by atoms with Crippen LogP contribution in [0.4, 0.5) is 0 Å². The molecule has 0 fully saturated rings. The molecule has 2 aromatic rings. The molecular formula is C15H17NO3S. The number of hydrogen-bond donors (Lipinski definition) is 0. The Morgan fingerprint density at radius 1 is 1.25 bits per heavy atom. The molecular weight excluding hydrogens is 274 g/mol. The van der Waals surface area contributed by atoms with E-state index in [2.05, 4.69) is 25.8 Å². The number of benzene rings is 1. The number of rotatable bonds is 3. The molecule has 0 saturated heterocycles. The Morgan fingerprint density at radius 3 is 2.80 bits per heavy atom. The summed E-state index contributed by atoms with van der Waals surface area (Å²) in [5, 5.41) is 3.18. The number of aromatic nitrogens is 1. The van der Waals surface area contributed by atoms with Gasteiger partial charge in [-0.2, -0.15) is 0 Å². The van der Waals surface area contributed by atoms with Crippen molar-refractivity contribution in [2.75, 3.05) is 6.79 Å². The van der Waals surface area contributed by atoms with Gasteiger partial charge in [0.2, 0.25) is 6.79 Å². The molecule has 5 heteroatoms. The molecule has 0 amide bonds. The van der Waals surface area contributed by atoms with E-state index >= 15 is 0 Å². The molecule has 1 aliphatic rings. The zero-order chi connectivity index (χ0) is 14.2. The summed E-state index contributed by atoms with van der Waals surface area (Å²) in [4.78, 5) is 4.61. The molecule has 1 aromatic carbocycles. The highest BCUT2D eigenvalue weighted by Crippen LogP contribution is 2.35. The molecule has 0 spiro atoms. The first-order chi connectivity index (χ1) is 9.52. The number of hydrogen-bond acceptors (Lipinski definition) is 5. The number of ether oxygens (including phenoxy) is 3. The highest BCUT2D eigenvalue weighted by atomic mass is 32.1. The molecule has 0 radical (unpaired) electrons. The second kappa shape index (κ2) is 4.98. The van der Waals surface area contributed by atoms with E-state index in [0.717, 1.165) is 28.0 Å². The van der Waals surface area contributed by atoms with E-state index in [4.69, 9.17) is 14.2 Å². The molecule has 0 saturated carbocycles. The summed E-state index contributed by atoms with van der Waals surface area (Å²) in [7, 11) is 0. The summed E-state index contributed by atoms with van der Waals surface area (Å²) in [6.45, 7) is 7.23. The molecule has 106 valence electrons. The summed E-state index contributed by atoms with van der Waals surface area (Å²) >= 11 is 1.68.